The van der Waals surface area contributed by atoms with Gasteiger partial charge in [-0.2, -0.15) is 13.2 Å². The predicted molar refractivity (Wildman–Crippen MR) is 52.1 cm³/mol. The van der Waals surface area contributed by atoms with Gasteiger partial charge in [-0.1, -0.05) is 18.2 Å². The van der Waals surface area contributed by atoms with Crippen LogP contribution in [-0.4, -0.2) is 11.3 Å². The SMILES string of the molecule is O=Cc1cnc2ccccc2c1C(F)(F)F. The molecule has 0 bridgehead atoms. The Kier molecular flexibility index (Phi) is 2.38. The van der Waals surface area contributed by atoms with Crippen molar-refractivity contribution in [3.8, 4) is 0 Å². The Morgan fingerprint density at radius 2 is 1.88 bits per heavy atom. The molecule has 2 aromatic rings. The van der Waals surface area contributed by atoms with Crippen molar-refractivity contribution in [1.29, 1.82) is 0 Å². The highest BCUT2D eigenvalue weighted by atomic mass is 19.4. The second-order valence-corrected chi connectivity index (χ2v) is 3.22. The van der Waals surface area contributed by atoms with E-state index < -0.39 is 17.3 Å². The van der Waals surface area contributed by atoms with Crippen LogP contribution in [0.2, 0.25) is 0 Å². The third-order valence-corrected chi connectivity index (χ3v) is 2.22. The molecule has 0 radical (unpaired) electrons. The van der Waals surface area contributed by atoms with E-state index in [1.165, 1.54) is 18.2 Å². The van der Waals surface area contributed by atoms with Crippen LogP contribution in [0.1, 0.15) is 15.9 Å². The number of para-hydroxylation sites is 1. The minimum atomic E-state index is -4.56. The van der Waals surface area contributed by atoms with Gasteiger partial charge in [0.15, 0.2) is 6.29 Å². The standard InChI is InChI=1S/C11H6F3NO/c12-11(13,14)10-7(6-16)5-15-9-4-2-1-3-8(9)10/h1-6H. The zero-order valence-electron chi connectivity index (χ0n) is 7.95. The van der Waals surface area contributed by atoms with Crippen LogP contribution < -0.4 is 0 Å². The van der Waals surface area contributed by atoms with Gasteiger partial charge in [0.05, 0.1) is 11.1 Å². The number of carbonyl (C=O) groups is 1. The van der Waals surface area contributed by atoms with Crippen molar-refractivity contribution in [2.45, 2.75) is 6.18 Å². The minimum Gasteiger partial charge on any atom is -0.298 e. The van der Waals surface area contributed by atoms with Crippen molar-refractivity contribution >= 4 is 17.2 Å². The van der Waals surface area contributed by atoms with Gasteiger partial charge < -0.3 is 0 Å². The van der Waals surface area contributed by atoms with Gasteiger partial charge in [-0.25, -0.2) is 0 Å². The zero-order valence-corrected chi connectivity index (χ0v) is 7.95. The average Bonchev–Trinajstić information content (AvgIpc) is 2.26. The van der Waals surface area contributed by atoms with Gasteiger partial charge in [0.25, 0.3) is 0 Å². The van der Waals surface area contributed by atoms with Gasteiger partial charge in [-0.15, -0.1) is 0 Å². The topological polar surface area (TPSA) is 30.0 Å². The number of alkyl halides is 3. The molecule has 0 N–H and O–H groups in total. The van der Waals surface area contributed by atoms with Gasteiger partial charge in [-0.3, -0.25) is 9.78 Å². The Morgan fingerprint density at radius 3 is 2.50 bits per heavy atom. The molecule has 5 heteroatoms. The van der Waals surface area contributed by atoms with Crippen LogP contribution >= 0.6 is 0 Å². The number of fused-ring (bicyclic) bond motifs is 1. The molecular weight excluding hydrogens is 219 g/mol. The summed E-state index contributed by atoms with van der Waals surface area (Å²) in [5, 5.41) is -0.0559. The summed E-state index contributed by atoms with van der Waals surface area (Å²) in [4.78, 5) is 14.4. The Labute approximate surface area is 88.7 Å². The van der Waals surface area contributed by atoms with Crippen molar-refractivity contribution in [2.24, 2.45) is 0 Å². The maximum Gasteiger partial charge on any atom is 0.417 e. The molecule has 0 saturated heterocycles. The molecule has 82 valence electrons. The molecule has 1 heterocycles. The fraction of sp³-hybridized carbons (Fsp3) is 0.0909. The molecule has 2 nitrogen and oxygen atoms in total. The summed E-state index contributed by atoms with van der Waals surface area (Å²) < 4.78 is 38.3. The van der Waals surface area contributed by atoms with Crippen LogP contribution in [0.15, 0.2) is 30.5 Å². The molecule has 1 aromatic carbocycles. The summed E-state index contributed by atoms with van der Waals surface area (Å²) in [6.07, 6.45) is -3.45. The van der Waals surface area contributed by atoms with Crippen molar-refractivity contribution < 1.29 is 18.0 Å². The summed E-state index contributed by atoms with van der Waals surface area (Å²) in [6.45, 7) is 0. The maximum atomic E-state index is 12.8. The number of benzene rings is 1. The number of nitrogens with zero attached hydrogens (tertiary/aromatic N) is 1. The molecule has 0 aliphatic rings. The Hall–Kier alpha value is -1.91. The van der Waals surface area contributed by atoms with E-state index in [0.717, 1.165) is 6.20 Å². The van der Waals surface area contributed by atoms with Crippen molar-refractivity contribution in [3.05, 3.63) is 41.6 Å². The molecule has 0 unspecified atom stereocenters. The lowest BCUT2D eigenvalue weighted by Gasteiger charge is -2.11. The molecule has 0 saturated carbocycles. The third-order valence-electron chi connectivity index (χ3n) is 2.22. The minimum absolute atomic E-state index is 0.0559. The Bertz CT molecular complexity index is 548. The molecule has 16 heavy (non-hydrogen) atoms. The van der Waals surface area contributed by atoms with E-state index in [1.807, 2.05) is 0 Å². The number of aromatic nitrogens is 1. The number of halogens is 3. The van der Waals surface area contributed by atoms with Gasteiger partial charge in [0.1, 0.15) is 0 Å². The lowest BCUT2D eigenvalue weighted by atomic mass is 10.0. The first-order chi connectivity index (χ1) is 7.54. The summed E-state index contributed by atoms with van der Waals surface area (Å²) in [7, 11) is 0. The molecule has 0 atom stereocenters. The molecular formula is C11H6F3NO. The van der Waals surface area contributed by atoms with E-state index in [4.69, 9.17) is 0 Å². The van der Waals surface area contributed by atoms with Gasteiger partial charge in [0, 0.05) is 17.1 Å². The normalized spacial score (nSPS) is 11.7. The highest BCUT2D eigenvalue weighted by molar-refractivity contribution is 5.90. The summed E-state index contributed by atoms with van der Waals surface area (Å²) >= 11 is 0. The first-order valence-electron chi connectivity index (χ1n) is 4.44. The predicted octanol–water partition coefficient (Wildman–Crippen LogP) is 3.07. The summed E-state index contributed by atoms with van der Waals surface area (Å²) in [5.74, 6) is 0. The molecule has 2 rings (SSSR count). The number of pyridine rings is 1. The number of carbonyl (C=O) groups excluding carboxylic acids is 1. The molecule has 0 aliphatic heterocycles. The first-order valence-corrected chi connectivity index (χ1v) is 4.44. The van der Waals surface area contributed by atoms with E-state index in [1.54, 1.807) is 6.07 Å². The molecule has 1 aromatic heterocycles. The van der Waals surface area contributed by atoms with Crippen LogP contribution in [0.4, 0.5) is 13.2 Å². The second-order valence-electron chi connectivity index (χ2n) is 3.22. The quantitative estimate of drug-likeness (QED) is 0.698. The zero-order chi connectivity index (χ0) is 11.8. The van der Waals surface area contributed by atoms with Crippen LogP contribution in [0, 0.1) is 0 Å². The highest BCUT2D eigenvalue weighted by Gasteiger charge is 2.35. The largest absolute Gasteiger partial charge is 0.417 e. The van der Waals surface area contributed by atoms with Crippen molar-refractivity contribution in [2.75, 3.05) is 0 Å². The van der Waals surface area contributed by atoms with Gasteiger partial charge in [0.2, 0.25) is 0 Å². The van der Waals surface area contributed by atoms with Gasteiger partial charge >= 0.3 is 6.18 Å². The van der Waals surface area contributed by atoms with Crippen LogP contribution in [0.5, 0.6) is 0 Å². The van der Waals surface area contributed by atoms with Crippen LogP contribution in [-0.2, 0) is 6.18 Å². The van der Waals surface area contributed by atoms with E-state index in [-0.39, 0.29) is 17.2 Å². The van der Waals surface area contributed by atoms with Crippen LogP contribution in [0.25, 0.3) is 10.9 Å². The Balaban J connectivity index is 2.89. The lowest BCUT2D eigenvalue weighted by Crippen LogP contribution is -2.10. The smallest absolute Gasteiger partial charge is 0.298 e. The van der Waals surface area contributed by atoms with Crippen LogP contribution in [0.3, 0.4) is 0 Å². The first kappa shape index (κ1) is 10.6. The number of rotatable bonds is 1. The third kappa shape index (κ3) is 1.64. The number of aldehydes is 1. The van der Waals surface area contributed by atoms with E-state index in [2.05, 4.69) is 4.98 Å². The number of hydrogen-bond acceptors (Lipinski definition) is 2. The molecule has 0 amide bonds. The second kappa shape index (κ2) is 3.59. The van der Waals surface area contributed by atoms with E-state index in [9.17, 15) is 18.0 Å². The summed E-state index contributed by atoms with van der Waals surface area (Å²) in [6, 6.07) is 5.85. The maximum absolute atomic E-state index is 12.8. The molecule has 0 fully saturated rings. The monoisotopic (exact) mass is 225 g/mol. The van der Waals surface area contributed by atoms with E-state index in [0.29, 0.717) is 0 Å². The highest BCUT2D eigenvalue weighted by Crippen LogP contribution is 2.35. The molecule has 0 spiro atoms. The van der Waals surface area contributed by atoms with Gasteiger partial charge in [-0.05, 0) is 6.07 Å². The Morgan fingerprint density at radius 1 is 1.19 bits per heavy atom. The molecule has 0 aliphatic carbocycles. The fourth-order valence-electron chi connectivity index (χ4n) is 1.56. The average molecular weight is 225 g/mol. The van der Waals surface area contributed by atoms with Crippen molar-refractivity contribution in [1.82, 2.24) is 4.98 Å². The lowest BCUT2D eigenvalue weighted by molar-refractivity contribution is -0.136. The van der Waals surface area contributed by atoms with Crippen molar-refractivity contribution in [3.63, 3.8) is 0 Å². The number of hydrogen-bond donors (Lipinski definition) is 0. The summed E-state index contributed by atoms with van der Waals surface area (Å²) in [5.41, 5.74) is -1.14. The van der Waals surface area contributed by atoms with E-state index >= 15 is 0 Å². The fourth-order valence-corrected chi connectivity index (χ4v) is 1.56.